The first kappa shape index (κ1) is 6.86. The van der Waals surface area contributed by atoms with Gasteiger partial charge in [0.05, 0.1) is 0 Å². The standard InChI is InChI=1S/C4H12P2/c1-5(2)6(3)4/h1-4H3. The molecule has 0 aromatic rings. The van der Waals surface area contributed by atoms with Gasteiger partial charge in [0.2, 0.25) is 0 Å². The highest BCUT2D eigenvalue weighted by Crippen LogP contribution is 2.58. The molecule has 0 aliphatic heterocycles. The van der Waals surface area contributed by atoms with E-state index in [4.69, 9.17) is 0 Å². The number of hydrogen-bond acceptors (Lipinski definition) is 0. The van der Waals surface area contributed by atoms with Gasteiger partial charge in [-0.1, -0.05) is 15.2 Å². The van der Waals surface area contributed by atoms with Gasteiger partial charge in [0, 0.05) is 0 Å². The second-order valence-electron chi connectivity index (χ2n) is 1.69. The van der Waals surface area contributed by atoms with Crippen LogP contribution in [0.25, 0.3) is 0 Å². The average molecular weight is 122 g/mol. The molecule has 0 aromatic heterocycles. The van der Waals surface area contributed by atoms with Crippen LogP contribution < -0.4 is 0 Å². The number of hydrogen-bond donors (Lipinski definition) is 0. The van der Waals surface area contributed by atoms with Gasteiger partial charge >= 0.3 is 0 Å². The lowest BCUT2D eigenvalue weighted by Crippen LogP contribution is -1.58. The molecule has 0 saturated carbocycles. The first-order chi connectivity index (χ1) is 2.64. The largest absolute Gasteiger partial charge is 0.0879 e. The fraction of sp³-hybridized carbons (Fsp3) is 1.00. The van der Waals surface area contributed by atoms with Crippen molar-refractivity contribution in [2.24, 2.45) is 0 Å². The van der Waals surface area contributed by atoms with E-state index in [0.717, 1.165) is 0 Å². The molecule has 0 rings (SSSR count). The van der Waals surface area contributed by atoms with Gasteiger partial charge in [-0.25, -0.2) is 0 Å². The summed E-state index contributed by atoms with van der Waals surface area (Å²) in [5, 5.41) is 0. The van der Waals surface area contributed by atoms with Gasteiger partial charge in [-0.3, -0.25) is 0 Å². The van der Waals surface area contributed by atoms with Gasteiger partial charge in [-0.15, -0.1) is 0 Å². The van der Waals surface area contributed by atoms with Crippen LogP contribution in [0.3, 0.4) is 0 Å². The van der Waals surface area contributed by atoms with E-state index in [-0.39, 0.29) is 0 Å². The minimum atomic E-state index is 0.405. The molecule has 0 aromatic carbocycles. The Labute approximate surface area is 42.7 Å². The molecule has 38 valence electrons. The van der Waals surface area contributed by atoms with Crippen molar-refractivity contribution >= 4 is 15.2 Å². The van der Waals surface area contributed by atoms with Crippen LogP contribution in [0.4, 0.5) is 0 Å². The summed E-state index contributed by atoms with van der Waals surface area (Å²) < 4.78 is 0. The Morgan fingerprint density at radius 2 is 0.833 bits per heavy atom. The van der Waals surface area contributed by atoms with Gasteiger partial charge in [0.1, 0.15) is 0 Å². The Morgan fingerprint density at radius 3 is 0.833 bits per heavy atom. The Morgan fingerprint density at radius 1 is 0.667 bits per heavy atom. The summed E-state index contributed by atoms with van der Waals surface area (Å²) in [6.07, 6.45) is 0. The monoisotopic (exact) mass is 122 g/mol. The summed E-state index contributed by atoms with van der Waals surface area (Å²) in [5.41, 5.74) is 0. The van der Waals surface area contributed by atoms with Crippen molar-refractivity contribution in [3.05, 3.63) is 0 Å². The van der Waals surface area contributed by atoms with E-state index < -0.39 is 0 Å². The second kappa shape index (κ2) is 2.94. The molecule has 0 fully saturated rings. The Kier molecular flexibility index (Phi) is 3.36. The van der Waals surface area contributed by atoms with Crippen LogP contribution in [0.1, 0.15) is 0 Å². The number of rotatable bonds is 1. The van der Waals surface area contributed by atoms with Crippen molar-refractivity contribution in [3.63, 3.8) is 0 Å². The highest BCUT2D eigenvalue weighted by Gasteiger charge is 1.93. The molecule has 0 atom stereocenters. The zero-order valence-electron chi connectivity index (χ0n) is 4.89. The van der Waals surface area contributed by atoms with Crippen molar-refractivity contribution in [1.29, 1.82) is 0 Å². The Balaban J connectivity index is 2.99. The van der Waals surface area contributed by atoms with Crippen molar-refractivity contribution in [3.8, 4) is 0 Å². The minimum Gasteiger partial charge on any atom is -0.0879 e. The molecule has 0 radical (unpaired) electrons. The van der Waals surface area contributed by atoms with E-state index >= 15 is 0 Å². The van der Waals surface area contributed by atoms with Crippen molar-refractivity contribution in [2.45, 2.75) is 0 Å². The first-order valence-electron chi connectivity index (χ1n) is 1.99. The lowest BCUT2D eigenvalue weighted by Gasteiger charge is -2.07. The van der Waals surface area contributed by atoms with Crippen molar-refractivity contribution in [2.75, 3.05) is 26.7 Å². The van der Waals surface area contributed by atoms with E-state index in [0.29, 0.717) is 15.2 Å². The average Bonchev–Trinajstić information content (AvgIpc) is 1.36. The normalized spacial score (nSPS) is 11.0. The maximum atomic E-state index is 2.33. The molecule has 0 bridgehead atoms. The Hall–Kier alpha value is 0.860. The minimum absolute atomic E-state index is 0.405. The maximum absolute atomic E-state index is 2.33. The second-order valence-corrected chi connectivity index (χ2v) is 9.88. The highest BCUT2D eigenvalue weighted by molar-refractivity contribution is 8.28. The fourth-order valence-electron chi connectivity index (χ4n) is 0. The van der Waals surface area contributed by atoms with Crippen LogP contribution in [0.2, 0.25) is 0 Å². The van der Waals surface area contributed by atoms with Gasteiger partial charge in [-0.2, -0.15) is 0 Å². The van der Waals surface area contributed by atoms with E-state index in [2.05, 4.69) is 26.7 Å². The molecule has 6 heavy (non-hydrogen) atoms. The topological polar surface area (TPSA) is 0 Å². The molecule has 0 amide bonds. The highest BCUT2D eigenvalue weighted by atomic mass is 32.1. The third-order valence-corrected chi connectivity index (χ3v) is 7.20. The van der Waals surface area contributed by atoms with Crippen LogP contribution in [-0.4, -0.2) is 26.7 Å². The third kappa shape index (κ3) is 3.07. The van der Waals surface area contributed by atoms with Gasteiger partial charge in [-0.05, 0) is 26.7 Å². The molecule has 0 spiro atoms. The van der Waals surface area contributed by atoms with Crippen molar-refractivity contribution in [1.82, 2.24) is 0 Å². The SMILES string of the molecule is CP(C)P(C)C. The molecule has 0 aliphatic rings. The summed E-state index contributed by atoms with van der Waals surface area (Å²) >= 11 is 0. The maximum Gasteiger partial charge on any atom is -0.0408 e. The summed E-state index contributed by atoms with van der Waals surface area (Å²) in [4.78, 5) is 0. The third-order valence-electron chi connectivity index (χ3n) is 0.800. The molecule has 0 N–H and O–H groups in total. The van der Waals surface area contributed by atoms with Crippen LogP contribution in [0, 0.1) is 0 Å². The van der Waals surface area contributed by atoms with E-state index in [9.17, 15) is 0 Å². The van der Waals surface area contributed by atoms with Crippen LogP contribution in [-0.2, 0) is 0 Å². The molecular weight excluding hydrogens is 110 g/mol. The van der Waals surface area contributed by atoms with Gasteiger partial charge in [0.25, 0.3) is 0 Å². The quantitative estimate of drug-likeness (QED) is 0.468. The fourth-order valence-corrected chi connectivity index (χ4v) is 0. The molecule has 0 unspecified atom stereocenters. The predicted molar refractivity (Wildman–Crippen MR) is 37.5 cm³/mol. The molecule has 0 aliphatic carbocycles. The summed E-state index contributed by atoms with van der Waals surface area (Å²) in [5.74, 6) is 0. The summed E-state index contributed by atoms with van der Waals surface area (Å²) in [6.45, 7) is 9.34. The van der Waals surface area contributed by atoms with Crippen LogP contribution >= 0.6 is 15.2 Å². The molecule has 0 saturated heterocycles. The van der Waals surface area contributed by atoms with Gasteiger partial charge < -0.3 is 0 Å². The smallest absolute Gasteiger partial charge is 0.0408 e. The molecular formula is C4H12P2. The van der Waals surface area contributed by atoms with Crippen LogP contribution in [0.5, 0.6) is 0 Å². The van der Waals surface area contributed by atoms with E-state index in [1.807, 2.05) is 0 Å². The Bertz CT molecular complexity index is 26.5. The lowest BCUT2D eigenvalue weighted by atomic mass is 11.9. The van der Waals surface area contributed by atoms with E-state index in [1.54, 1.807) is 0 Å². The predicted octanol–water partition coefficient (Wildman–Crippen LogP) is 2.38. The van der Waals surface area contributed by atoms with Gasteiger partial charge in [0.15, 0.2) is 0 Å². The summed E-state index contributed by atoms with van der Waals surface area (Å²) in [7, 11) is 0.811. The van der Waals surface area contributed by atoms with E-state index in [1.165, 1.54) is 0 Å². The summed E-state index contributed by atoms with van der Waals surface area (Å²) in [6, 6.07) is 0. The van der Waals surface area contributed by atoms with Crippen LogP contribution in [0.15, 0.2) is 0 Å². The van der Waals surface area contributed by atoms with Crippen molar-refractivity contribution < 1.29 is 0 Å². The first-order valence-corrected chi connectivity index (χ1v) is 7.17. The molecule has 0 nitrogen and oxygen atoms in total. The lowest BCUT2D eigenvalue weighted by molar-refractivity contribution is 2.21. The zero-order chi connectivity index (χ0) is 5.15. The molecule has 0 heterocycles. The molecule has 2 heteroatoms. The zero-order valence-corrected chi connectivity index (χ0v) is 6.68.